The summed E-state index contributed by atoms with van der Waals surface area (Å²) in [7, 11) is 2.19. The van der Waals surface area contributed by atoms with Gasteiger partial charge < -0.3 is 9.47 Å². The highest BCUT2D eigenvalue weighted by atomic mass is 16.1. The molecule has 1 saturated heterocycles. The summed E-state index contributed by atoms with van der Waals surface area (Å²) in [6.45, 7) is 5.83. The lowest BCUT2D eigenvalue weighted by molar-refractivity contribution is 0.148. The minimum Gasteiger partial charge on any atom is -0.304 e. The fourth-order valence-corrected chi connectivity index (χ4v) is 4.92. The van der Waals surface area contributed by atoms with E-state index in [1.807, 2.05) is 34.9 Å². The quantitative estimate of drug-likeness (QED) is 0.459. The van der Waals surface area contributed by atoms with E-state index in [-0.39, 0.29) is 5.56 Å². The number of hydrogen-bond donors (Lipinski definition) is 0. The third-order valence-electron chi connectivity index (χ3n) is 6.67. The molecule has 5 heteroatoms. The van der Waals surface area contributed by atoms with Crippen molar-refractivity contribution in [2.24, 2.45) is 0 Å². The molecule has 0 spiro atoms. The highest BCUT2D eigenvalue weighted by Gasteiger charge is 2.27. The Bertz CT molecular complexity index is 1350. The summed E-state index contributed by atoms with van der Waals surface area (Å²) in [5.74, 6) is 0. The number of aromatic nitrogens is 2. The zero-order valence-corrected chi connectivity index (χ0v) is 17.1. The Morgan fingerprint density at radius 2 is 1.67 bits per heavy atom. The molecule has 0 unspecified atom stereocenters. The molecule has 0 aliphatic carbocycles. The van der Waals surface area contributed by atoms with Crippen molar-refractivity contribution in [3.05, 3.63) is 76.1 Å². The number of likely N-dealkylation sites (N-methyl/N-ethyl adjacent to an activating group) is 1. The molecule has 6 rings (SSSR count). The SMILES string of the molecule is CN1CCN(Cc2c3c(nc4ccccc24)-c2cc4ccccc4c(=O)n2C3)CC1. The molecule has 5 nitrogen and oxygen atoms in total. The Kier molecular flexibility index (Phi) is 4.01. The minimum absolute atomic E-state index is 0.0794. The van der Waals surface area contributed by atoms with E-state index < -0.39 is 0 Å². The van der Waals surface area contributed by atoms with Crippen LogP contribution in [0, 0.1) is 0 Å². The fraction of sp³-hybridized carbons (Fsp3) is 0.280. The number of benzene rings is 2. The van der Waals surface area contributed by atoms with Gasteiger partial charge in [-0.15, -0.1) is 0 Å². The van der Waals surface area contributed by atoms with Gasteiger partial charge in [-0.1, -0.05) is 36.4 Å². The summed E-state index contributed by atoms with van der Waals surface area (Å²) in [5, 5.41) is 2.97. The lowest BCUT2D eigenvalue weighted by Gasteiger charge is -2.33. The first-order chi connectivity index (χ1) is 14.7. The second-order valence-corrected chi connectivity index (χ2v) is 8.52. The normalized spacial score (nSPS) is 16.8. The summed E-state index contributed by atoms with van der Waals surface area (Å²) in [4.78, 5) is 23.2. The molecule has 1 fully saturated rings. The molecule has 150 valence electrons. The molecule has 0 radical (unpaired) electrons. The second-order valence-electron chi connectivity index (χ2n) is 8.52. The third-order valence-corrected chi connectivity index (χ3v) is 6.67. The number of fused-ring (bicyclic) bond motifs is 5. The van der Waals surface area contributed by atoms with Crippen LogP contribution in [-0.4, -0.2) is 52.6 Å². The summed E-state index contributed by atoms with van der Waals surface area (Å²) in [6.07, 6.45) is 0. The molecule has 0 amide bonds. The van der Waals surface area contributed by atoms with Gasteiger partial charge in [-0.3, -0.25) is 9.69 Å². The lowest BCUT2D eigenvalue weighted by Crippen LogP contribution is -2.44. The van der Waals surface area contributed by atoms with Gasteiger partial charge in [0.1, 0.15) is 0 Å². The van der Waals surface area contributed by atoms with E-state index in [0.717, 1.165) is 60.4 Å². The van der Waals surface area contributed by atoms with E-state index in [9.17, 15) is 4.79 Å². The Balaban J connectivity index is 1.55. The van der Waals surface area contributed by atoms with Crippen LogP contribution in [0.2, 0.25) is 0 Å². The van der Waals surface area contributed by atoms with Crippen LogP contribution in [-0.2, 0) is 13.1 Å². The van der Waals surface area contributed by atoms with E-state index in [1.54, 1.807) is 0 Å². The minimum atomic E-state index is 0.0794. The highest BCUT2D eigenvalue weighted by Crippen LogP contribution is 2.36. The maximum atomic E-state index is 13.2. The van der Waals surface area contributed by atoms with Gasteiger partial charge in [-0.2, -0.15) is 0 Å². The average Bonchev–Trinajstić information content (AvgIpc) is 3.14. The second kappa shape index (κ2) is 6.76. The molecule has 4 aromatic rings. The topological polar surface area (TPSA) is 41.4 Å². The first kappa shape index (κ1) is 17.8. The Morgan fingerprint density at radius 3 is 2.50 bits per heavy atom. The van der Waals surface area contributed by atoms with Gasteiger partial charge in [0, 0.05) is 49.1 Å². The molecule has 0 N–H and O–H groups in total. The Hall–Kier alpha value is -3.02. The van der Waals surface area contributed by atoms with Crippen LogP contribution < -0.4 is 5.56 Å². The van der Waals surface area contributed by atoms with Crippen LogP contribution in [0.4, 0.5) is 0 Å². The molecular weight excluding hydrogens is 372 g/mol. The van der Waals surface area contributed by atoms with Crippen molar-refractivity contribution >= 4 is 21.7 Å². The largest absolute Gasteiger partial charge is 0.304 e. The first-order valence-corrected chi connectivity index (χ1v) is 10.6. The molecular formula is C25H24N4O. The molecule has 0 bridgehead atoms. The molecule has 2 aromatic heterocycles. The van der Waals surface area contributed by atoms with E-state index in [1.165, 1.54) is 16.5 Å². The Labute approximate surface area is 175 Å². The van der Waals surface area contributed by atoms with Crippen molar-refractivity contribution in [3.8, 4) is 11.4 Å². The smallest absolute Gasteiger partial charge is 0.259 e. The van der Waals surface area contributed by atoms with Crippen LogP contribution in [0.5, 0.6) is 0 Å². The zero-order valence-electron chi connectivity index (χ0n) is 17.1. The predicted molar refractivity (Wildman–Crippen MR) is 121 cm³/mol. The number of para-hydroxylation sites is 1. The van der Waals surface area contributed by atoms with Gasteiger partial charge >= 0.3 is 0 Å². The van der Waals surface area contributed by atoms with Gasteiger partial charge in [0.05, 0.1) is 23.4 Å². The number of pyridine rings is 2. The van der Waals surface area contributed by atoms with Crippen LogP contribution in [0.3, 0.4) is 0 Å². The number of hydrogen-bond acceptors (Lipinski definition) is 4. The van der Waals surface area contributed by atoms with E-state index >= 15 is 0 Å². The fourth-order valence-electron chi connectivity index (χ4n) is 4.92. The highest BCUT2D eigenvalue weighted by molar-refractivity contribution is 5.91. The van der Waals surface area contributed by atoms with Gasteiger partial charge in [0.15, 0.2) is 0 Å². The van der Waals surface area contributed by atoms with Gasteiger partial charge in [0.2, 0.25) is 0 Å². The van der Waals surface area contributed by atoms with Crippen LogP contribution in [0.1, 0.15) is 11.1 Å². The van der Waals surface area contributed by atoms with E-state index in [0.29, 0.717) is 6.54 Å². The lowest BCUT2D eigenvalue weighted by atomic mass is 9.99. The maximum absolute atomic E-state index is 13.2. The van der Waals surface area contributed by atoms with Crippen molar-refractivity contribution in [2.45, 2.75) is 13.1 Å². The zero-order chi connectivity index (χ0) is 20.2. The van der Waals surface area contributed by atoms with Gasteiger partial charge in [-0.05, 0) is 36.2 Å². The third kappa shape index (κ3) is 2.70. The number of nitrogens with zero attached hydrogens (tertiary/aromatic N) is 4. The van der Waals surface area contributed by atoms with E-state index in [2.05, 4.69) is 41.1 Å². The molecule has 30 heavy (non-hydrogen) atoms. The first-order valence-electron chi connectivity index (χ1n) is 10.6. The summed E-state index contributed by atoms with van der Waals surface area (Å²) >= 11 is 0. The number of rotatable bonds is 2. The van der Waals surface area contributed by atoms with Gasteiger partial charge in [-0.25, -0.2) is 4.98 Å². The van der Waals surface area contributed by atoms with Crippen molar-refractivity contribution < 1.29 is 0 Å². The standard InChI is InChI=1S/C25H24N4O/c1-27-10-12-28(13-11-27)15-20-19-8-4-5-9-22(19)26-24-21(20)16-29-23(24)14-17-6-2-3-7-18(17)25(29)30/h2-9,14H,10-13,15-16H2,1H3. The molecule has 2 aromatic carbocycles. The van der Waals surface area contributed by atoms with Crippen molar-refractivity contribution in [2.75, 3.05) is 33.2 Å². The van der Waals surface area contributed by atoms with Crippen LogP contribution in [0.25, 0.3) is 33.1 Å². The summed E-state index contributed by atoms with van der Waals surface area (Å²) < 4.78 is 1.91. The molecule has 0 saturated carbocycles. The summed E-state index contributed by atoms with van der Waals surface area (Å²) in [5.41, 5.74) is 5.54. The maximum Gasteiger partial charge on any atom is 0.259 e. The molecule has 4 heterocycles. The van der Waals surface area contributed by atoms with E-state index in [4.69, 9.17) is 4.98 Å². The van der Waals surface area contributed by atoms with Gasteiger partial charge in [0.25, 0.3) is 5.56 Å². The molecule has 0 atom stereocenters. The van der Waals surface area contributed by atoms with Crippen LogP contribution >= 0.6 is 0 Å². The van der Waals surface area contributed by atoms with Crippen LogP contribution in [0.15, 0.2) is 59.4 Å². The van der Waals surface area contributed by atoms with Crippen molar-refractivity contribution in [1.82, 2.24) is 19.4 Å². The average molecular weight is 396 g/mol. The molecule has 2 aliphatic heterocycles. The number of piperazine rings is 1. The molecule has 2 aliphatic rings. The Morgan fingerprint density at radius 1 is 0.933 bits per heavy atom. The van der Waals surface area contributed by atoms with Crippen molar-refractivity contribution in [3.63, 3.8) is 0 Å². The predicted octanol–water partition coefficient (Wildman–Crippen LogP) is 3.33. The summed E-state index contributed by atoms with van der Waals surface area (Å²) in [6, 6.07) is 18.4. The van der Waals surface area contributed by atoms with Crippen molar-refractivity contribution in [1.29, 1.82) is 0 Å². The monoisotopic (exact) mass is 396 g/mol.